The van der Waals surface area contributed by atoms with Crippen LogP contribution in [0.15, 0.2) is 47.4 Å². The van der Waals surface area contributed by atoms with Crippen LogP contribution in [0.1, 0.15) is 18.9 Å². The van der Waals surface area contributed by atoms with Crippen LogP contribution < -0.4 is 4.31 Å². The summed E-state index contributed by atoms with van der Waals surface area (Å²) < 4.78 is 53.5. The molecule has 2 aromatic rings. The number of halogens is 2. The highest BCUT2D eigenvalue weighted by Gasteiger charge is 2.33. The maximum absolute atomic E-state index is 13.4. The molecule has 6 heteroatoms. The molecule has 0 amide bonds. The molecule has 0 saturated carbocycles. The topological polar surface area (TPSA) is 37.4 Å². The van der Waals surface area contributed by atoms with Gasteiger partial charge < -0.3 is 0 Å². The SMILES string of the molecule is C[C@@H]1CCc2ccccc2N1S(=O)(=O)c1ccc(F)c(F)c1. The number of nitrogens with zero attached hydrogens (tertiary/aromatic N) is 1. The summed E-state index contributed by atoms with van der Waals surface area (Å²) >= 11 is 0. The Balaban J connectivity index is 2.14. The second-order valence-electron chi connectivity index (χ2n) is 5.39. The molecule has 2 aromatic carbocycles. The summed E-state index contributed by atoms with van der Waals surface area (Å²) in [6.45, 7) is 1.81. The molecular formula is C16H15F2NO2S. The third-order valence-corrected chi connectivity index (χ3v) is 5.83. The van der Waals surface area contributed by atoms with E-state index in [1.807, 2.05) is 19.1 Å². The fraction of sp³-hybridized carbons (Fsp3) is 0.250. The average molecular weight is 323 g/mol. The van der Waals surface area contributed by atoms with Crippen molar-refractivity contribution in [3.63, 3.8) is 0 Å². The minimum absolute atomic E-state index is 0.241. The Morgan fingerprint density at radius 2 is 1.82 bits per heavy atom. The molecule has 0 spiro atoms. The number of hydrogen-bond donors (Lipinski definition) is 0. The summed E-state index contributed by atoms with van der Waals surface area (Å²) in [6, 6.07) is 9.67. The molecule has 1 atom stereocenters. The summed E-state index contributed by atoms with van der Waals surface area (Å²) in [4.78, 5) is -0.241. The molecular weight excluding hydrogens is 308 g/mol. The zero-order valence-electron chi connectivity index (χ0n) is 12.0. The van der Waals surface area contributed by atoms with Crippen molar-refractivity contribution in [2.75, 3.05) is 4.31 Å². The third-order valence-electron chi connectivity index (χ3n) is 3.91. The molecule has 0 aromatic heterocycles. The van der Waals surface area contributed by atoms with Crippen LogP contribution in [0.25, 0.3) is 0 Å². The predicted molar refractivity (Wildman–Crippen MR) is 80.2 cm³/mol. The molecule has 22 heavy (non-hydrogen) atoms. The van der Waals surface area contributed by atoms with Crippen LogP contribution in [0.2, 0.25) is 0 Å². The highest BCUT2D eigenvalue weighted by atomic mass is 32.2. The van der Waals surface area contributed by atoms with E-state index >= 15 is 0 Å². The van der Waals surface area contributed by atoms with E-state index in [0.29, 0.717) is 12.1 Å². The van der Waals surface area contributed by atoms with E-state index < -0.39 is 21.7 Å². The van der Waals surface area contributed by atoms with E-state index in [1.54, 1.807) is 12.1 Å². The van der Waals surface area contributed by atoms with Crippen molar-refractivity contribution in [2.24, 2.45) is 0 Å². The Morgan fingerprint density at radius 3 is 2.55 bits per heavy atom. The molecule has 0 aliphatic carbocycles. The van der Waals surface area contributed by atoms with E-state index in [0.717, 1.165) is 30.2 Å². The quantitative estimate of drug-likeness (QED) is 0.848. The van der Waals surface area contributed by atoms with Crippen molar-refractivity contribution in [1.29, 1.82) is 0 Å². The molecule has 0 unspecified atom stereocenters. The molecule has 0 saturated heterocycles. The summed E-state index contributed by atoms with van der Waals surface area (Å²) in [7, 11) is -3.94. The van der Waals surface area contributed by atoms with Gasteiger partial charge in [0.05, 0.1) is 10.6 Å². The fourth-order valence-corrected chi connectivity index (χ4v) is 4.51. The Bertz CT molecular complexity index is 821. The van der Waals surface area contributed by atoms with Crippen LogP contribution in [-0.4, -0.2) is 14.5 Å². The lowest BCUT2D eigenvalue weighted by Crippen LogP contribution is -2.42. The van der Waals surface area contributed by atoms with Crippen LogP contribution in [0, 0.1) is 11.6 Å². The van der Waals surface area contributed by atoms with Crippen molar-refractivity contribution < 1.29 is 17.2 Å². The number of para-hydroxylation sites is 1. The largest absolute Gasteiger partial charge is 0.264 e. The molecule has 3 nitrogen and oxygen atoms in total. The fourth-order valence-electron chi connectivity index (χ4n) is 2.77. The van der Waals surface area contributed by atoms with Crippen molar-refractivity contribution in [3.05, 3.63) is 59.7 Å². The molecule has 0 radical (unpaired) electrons. The Kier molecular flexibility index (Phi) is 3.64. The first kappa shape index (κ1) is 15.0. The number of anilines is 1. The van der Waals surface area contributed by atoms with Gasteiger partial charge in [-0.15, -0.1) is 0 Å². The summed E-state index contributed by atoms with van der Waals surface area (Å²) in [6.07, 6.45) is 1.47. The van der Waals surface area contributed by atoms with Crippen LogP contribution in [0.3, 0.4) is 0 Å². The van der Waals surface area contributed by atoms with Crippen LogP contribution in [0.4, 0.5) is 14.5 Å². The smallest absolute Gasteiger partial charge is 0.263 e. The van der Waals surface area contributed by atoms with Gasteiger partial charge >= 0.3 is 0 Å². The average Bonchev–Trinajstić information content (AvgIpc) is 2.49. The van der Waals surface area contributed by atoms with Gasteiger partial charge in [0.25, 0.3) is 10.0 Å². The van der Waals surface area contributed by atoms with E-state index in [2.05, 4.69) is 0 Å². The lowest BCUT2D eigenvalue weighted by Gasteiger charge is -2.36. The summed E-state index contributed by atoms with van der Waals surface area (Å²) in [5, 5.41) is 0. The summed E-state index contributed by atoms with van der Waals surface area (Å²) in [5.41, 5.74) is 1.54. The van der Waals surface area contributed by atoms with E-state index in [4.69, 9.17) is 0 Å². The van der Waals surface area contributed by atoms with Gasteiger partial charge in [0, 0.05) is 6.04 Å². The Hall–Kier alpha value is -1.95. The standard InChI is InChI=1S/C16H15F2NO2S/c1-11-6-7-12-4-2-3-5-16(12)19(11)22(20,21)13-8-9-14(17)15(18)10-13/h2-5,8-11H,6-7H2,1H3/t11-/m1/s1. The molecule has 116 valence electrons. The molecule has 0 fully saturated rings. The van der Waals surface area contributed by atoms with Crippen molar-refractivity contribution in [3.8, 4) is 0 Å². The van der Waals surface area contributed by atoms with E-state index in [-0.39, 0.29) is 10.9 Å². The number of aryl methyl sites for hydroxylation is 1. The first-order valence-corrected chi connectivity index (χ1v) is 8.42. The van der Waals surface area contributed by atoms with Crippen molar-refractivity contribution in [1.82, 2.24) is 0 Å². The second-order valence-corrected chi connectivity index (χ2v) is 7.21. The van der Waals surface area contributed by atoms with Gasteiger partial charge in [-0.05, 0) is 49.6 Å². The lowest BCUT2D eigenvalue weighted by atomic mass is 9.99. The molecule has 0 N–H and O–H groups in total. The maximum atomic E-state index is 13.4. The van der Waals surface area contributed by atoms with Crippen LogP contribution in [0.5, 0.6) is 0 Å². The van der Waals surface area contributed by atoms with Crippen LogP contribution >= 0.6 is 0 Å². The number of fused-ring (bicyclic) bond motifs is 1. The second kappa shape index (κ2) is 5.35. The zero-order valence-corrected chi connectivity index (χ0v) is 12.8. The minimum atomic E-state index is -3.94. The van der Waals surface area contributed by atoms with E-state index in [9.17, 15) is 17.2 Å². The Morgan fingerprint density at radius 1 is 1.09 bits per heavy atom. The highest BCUT2D eigenvalue weighted by molar-refractivity contribution is 7.92. The Labute approximate surface area is 128 Å². The summed E-state index contributed by atoms with van der Waals surface area (Å²) in [5.74, 6) is -2.23. The lowest BCUT2D eigenvalue weighted by molar-refractivity contribution is 0.504. The zero-order chi connectivity index (χ0) is 15.9. The highest BCUT2D eigenvalue weighted by Crippen LogP contribution is 2.35. The first-order chi connectivity index (χ1) is 10.4. The van der Waals surface area contributed by atoms with Gasteiger partial charge in [-0.1, -0.05) is 18.2 Å². The molecule has 1 heterocycles. The first-order valence-electron chi connectivity index (χ1n) is 6.98. The van der Waals surface area contributed by atoms with Gasteiger partial charge in [0.15, 0.2) is 11.6 Å². The maximum Gasteiger partial charge on any atom is 0.264 e. The molecule has 1 aliphatic rings. The number of benzene rings is 2. The number of rotatable bonds is 2. The normalized spacial score (nSPS) is 18.1. The molecule has 3 rings (SSSR count). The van der Waals surface area contributed by atoms with Crippen molar-refractivity contribution >= 4 is 15.7 Å². The van der Waals surface area contributed by atoms with Gasteiger partial charge in [-0.3, -0.25) is 4.31 Å². The van der Waals surface area contributed by atoms with Gasteiger partial charge in [-0.25, -0.2) is 17.2 Å². The van der Waals surface area contributed by atoms with Crippen LogP contribution in [-0.2, 0) is 16.4 Å². The van der Waals surface area contributed by atoms with Crippen molar-refractivity contribution in [2.45, 2.75) is 30.7 Å². The minimum Gasteiger partial charge on any atom is -0.263 e. The number of hydrogen-bond acceptors (Lipinski definition) is 2. The molecule has 1 aliphatic heterocycles. The van der Waals surface area contributed by atoms with Gasteiger partial charge in [0.1, 0.15) is 0 Å². The predicted octanol–water partition coefficient (Wildman–Crippen LogP) is 3.49. The molecule has 0 bridgehead atoms. The monoisotopic (exact) mass is 323 g/mol. The number of sulfonamides is 1. The van der Waals surface area contributed by atoms with Gasteiger partial charge in [-0.2, -0.15) is 0 Å². The van der Waals surface area contributed by atoms with E-state index in [1.165, 1.54) is 4.31 Å². The van der Waals surface area contributed by atoms with Gasteiger partial charge in [0.2, 0.25) is 0 Å². The third kappa shape index (κ3) is 2.37.